The van der Waals surface area contributed by atoms with Crippen LogP contribution in [0.15, 0.2) is 255 Å². The third-order valence-corrected chi connectivity index (χ3v) is 16.2. The van der Waals surface area contributed by atoms with E-state index in [9.17, 15) is 0 Å². The molecule has 0 atom stereocenters. The fraction of sp³-hybridized carbons (Fsp3) is 0.0541. The fourth-order valence-corrected chi connectivity index (χ4v) is 12.6. The molecule has 0 saturated carbocycles. The lowest BCUT2D eigenvalue weighted by atomic mass is 9.83. The number of fused-ring (bicyclic) bond motifs is 8. The summed E-state index contributed by atoms with van der Waals surface area (Å²) in [7, 11) is 0. The van der Waals surface area contributed by atoms with Gasteiger partial charge in [-0.1, -0.05) is 194 Å². The minimum atomic E-state index is 1.03. The molecular formula is C74H52N2. The Labute approximate surface area is 443 Å². The molecule has 15 rings (SSSR count). The molecule has 2 nitrogen and oxygen atoms in total. The summed E-state index contributed by atoms with van der Waals surface area (Å²) in [6, 6.07) is 91.3. The Morgan fingerprint density at radius 2 is 0.671 bits per heavy atom. The summed E-state index contributed by atoms with van der Waals surface area (Å²) in [6.45, 7) is 0. The van der Waals surface area contributed by atoms with Crippen molar-refractivity contribution >= 4 is 111 Å². The van der Waals surface area contributed by atoms with Gasteiger partial charge in [0.05, 0.1) is 0 Å². The predicted molar refractivity (Wildman–Crippen MR) is 326 cm³/mol. The number of rotatable bonds is 8. The highest BCUT2D eigenvalue weighted by Crippen LogP contribution is 2.51. The Morgan fingerprint density at radius 1 is 0.250 bits per heavy atom. The van der Waals surface area contributed by atoms with Crippen LogP contribution >= 0.6 is 0 Å². The van der Waals surface area contributed by atoms with E-state index in [1.54, 1.807) is 0 Å². The summed E-state index contributed by atoms with van der Waals surface area (Å²) in [6.07, 6.45) is 13.4. The standard InChI is InChI=1S/C74H52N2/c1-5-21-55-43-59(35-31-49(55)15-1)75(60-36-32-50-16-2-6-22-56(50)44-60)63-39-41-69-71(47-63)73(67-29-13-25-53-19-9-11-27-65(53)67)70-42-40-64(48-72(70)74(69)68-30-14-26-54-20-10-12-28-66(54)68)76(61-37-33-51-17-3-7-23-57(51)45-61)62-38-34-52-18-4-8-24-58(52)46-62/h1-3,5,7-17,19-21,23-48H,4,6,18,22H2. The second-order valence-corrected chi connectivity index (χ2v) is 20.6. The van der Waals surface area contributed by atoms with Crippen molar-refractivity contribution < 1.29 is 0 Å². The Hall–Kier alpha value is -9.50. The molecule has 0 aromatic heterocycles. The van der Waals surface area contributed by atoms with Crippen LogP contribution in [0.3, 0.4) is 0 Å². The van der Waals surface area contributed by atoms with Gasteiger partial charge in [0, 0.05) is 34.1 Å². The number of nitrogens with zero attached hydrogens (tertiary/aromatic N) is 2. The van der Waals surface area contributed by atoms with E-state index >= 15 is 0 Å². The molecule has 0 aliphatic heterocycles. The zero-order valence-corrected chi connectivity index (χ0v) is 42.1. The lowest BCUT2D eigenvalue weighted by Gasteiger charge is -2.29. The third kappa shape index (κ3) is 7.48. The van der Waals surface area contributed by atoms with Crippen molar-refractivity contribution in [1.82, 2.24) is 0 Å². The first-order chi connectivity index (χ1) is 37.7. The highest BCUT2D eigenvalue weighted by Gasteiger charge is 2.25. The molecule has 13 aromatic rings. The second-order valence-electron chi connectivity index (χ2n) is 20.6. The van der Waals surface area contributed by atoms with Crippen LogP contribution in [0.1, 0.15) is 35.1 Å². The molecule has 0 fully saturated rings. The summed E-state index contributed by atoms with van der Waals surface area (Å²) in [5.41, 5.74) is 17.0. The van der Waals surface area contributed by atoms with E-state index in [-0.39, 0.29) is 0 Å². The summed E-state index contributed by atoms with van der Waals surface area (Å²) >= 11 is 0. The molecule has 2 aliphatic rings. The SMILES string of the molecule is C1=Cc2cc(N(c3ccc4ccccc4c3)c3ccc4c(-c5cccc6ccccc56)c5cc(N(c6ccc7c(c6)CCC=C7)c6ccc7ccccc7c6)ccc5c(-c5cccc6ccccc56)c4c3)ccc2CC1. The van der Waals surface area contributed by atoms with Gasteiger partial charge in [-0.2, -0.15) is 0 Å². The van der Waals surface area contributed by atoms with E-state index in [0.29, 0.717) is 0 Å². The minimum Gasteiger partial charge on any atom is -0.310 e. The monoisotopic (exact) mass is 968 g/mol. The molecular weight excluding hydrogens is 917 g/mol. The van der Waals surface area contributed by atoms with Crippen molar-refractivity contribution in [3.8, 4) is 22.3 Å². The van der Waals surface area contributed by atoms with Crippen molar-refractivity contribution in [2.45, 2.75) is 25.7 Å². The van der Waals surface area contributed by atoms with Crippen molar-refractivity contribution in [3.63, 3.8) is 0 Å². The molecule has 0 heterocycles. The quantitative estimate of drug-likeness (QED) is 0.140. The number of hydrogen-bond acceptors (Lipinski definition) is 2. The first kappa shape index (κ1) is 44.0. The van der Waals surface area contributed by atoms with E-state index in [1.165, 1.54) is 109 Å². The Balaban J connectivity index is 1.06. The topological polar surface area (TPSA) is 6.48 Å². The van der Waals surface area contributed by atoms with Gasteiger partial charge in [0.25, 0.3) is 0 Å². The maximum Gasteiger partial charge on any atom is 0.0468 e. The average Bonchev–Trinajstić information content (AvgIpc) is 3.51. The van der Waals surface area contributed by atoms with Gasteiger partial charge in [-0.15, -0.1) is 0 Å². The Bertz CT molecular complexity index is 4540. The molecule has 0 spiro atoms. The maximum absolute atomic E-state index is 2.49. The van der Waals surface area contributed by atoms with Gasteiger partial charge in [-0.25, -0.2) is 0 Å². The summed E-state index contributed by atoms with van der Waals surface area (Å²) in [5.74, 6) is 0. The van der Waals surface area contributed by atoms with Gasteiger partial charge in [-0.05, 0) is 208 Å². The van der Waals surface area contributed by atoms with Crippen molar-refractivity contribution in [2.75, 3.05) is 9.80 Å². The molecule has 0 bridgehead atoms. The number of allylic oxidation sites excluding steroid dienone is 2. The van der Waals surface area contributed by atoms with Gasteiger partial charge in [-0.3, -0.25) is 0 Å². The number of aryl methyl sites for hydroxylation is 2. The molecule has 76 heavy (non-hydrogen) atoms. The van der Waals surface area contributed by atoms with Crippen LogP contribution in [0.4, 0.5) is 34.1 Å². The van der Waals surface area contributed by atoms with E-state index in [1.807, 2.05) is 0 Å². The van der Waals surface area contributed by atoms with Crippen molar-refractivity contribution in [1.29, 1.82) is 0 Å². The normalized spacial score (nSPS) is 12.9. The number of benzene rings is 13. The maximum atomic E-state index is 2.49. The minimum absolute atomic E-state index is 1.03. The van der Waals surface area contributed by atoms with Crippen LogP contribution in [-0.4, -0.2) is 0 Å². The predicted octanol–water partition coefficient (Wildman–Crippen LogP) is 20.8. The van der Waals surface area contributed by atoms with Crippen LogP contribution in [0.2, 0.25) is 0 Å². The van der Waals surface area contributed by atoms with E-state index in [0.717, 1.165) is 59.8 Å². The van der Waals surface area contributed by atoms with Crippen molar-refractivity contribution in [3.05, 3.63) is 277 Å². The molecule has 13 aromatic carbocycles. The van der Waals surface area contributed by atoms with Gasteiger partial charge in [0.15, 0.2) is 0 Å². The molecule has 0 saturated heterocycles. The van der Waals surface area contributed by atoms with E-state index in [2.05, 4.69) is 277 Å². The van der Waals surface area contributed by atoms with Crippen LogP contribution in [0, 0.1) is 0 Å². The van der Waals surface area contributed by atoms with Gasteiger partial charge in [0.1, 0.15) is 0 Å². The molecule has 0 unspecified atom stereocenters. The van der Waals surface area contributed by atoms with E-state index in [4.69, 9.17) is 0 Å². The average molecular weight is 969 g/mol. The molecule has 0 N–H and O–H groups in total. The third-order valence-electron chi connectivity index (χ3n) is 16.2. The molecule has 2 aliphatic carbocycles. The first-order valence-corrected chi connectivity index (χ1v) is 26.8. The van der Waals surface area contributed by atoms with Crippen LogP contribution in [0.5, 0.6) is 0 Å². The van der Waals surface area contributed by atoms with Gasteiger partial charge < -0.3 is 9.80 Å². The Morgan fingerprint density at radius 3 is 1.25 bits per heavy atom. The molecule has 0 amide bonds. The highest BCUT2D eigenvalue weighted by molar-refractivity contribution is 6.26. The fourth-order valence-electron chi connectivity index (χ4n) is 12.6. The number of anilines is 6. The largest absolute Gasteiger partial charge is 0.310 e. The van der Waals surface area contributed by atoms with Crippen LogP contribution in [0.25, 0.3) is 99.0 Å². The van der Waals surface area contributed by atoms with Crippen molar-refractivity contribution in [2.24, 2.45) is 0 Å². The van der Waals surface area contributed by atoms with Crippen LogP contribution in [-0.2, 0) is 12.8 Å². The summed E-state index contributed by atoms with van der Waals surface area (Å²) in [4.78, 5) is 4.96. The lowest BCUT2D eigenvalue weighted by Crippen LogP contribution is -2.11. The second kappa shape index (κ2) is 18.2. The molecule has 0 radical (unpaired) electrons. The lowest BCUT2D eigenvalue weighted by molar-refractivity contribution is 0.984. The molecule has 358 valence electrons. The zero-order valence-electron chi connectivity index (χ0n) is 42.1. The Kier molecular flexibility index (Phi) is 10.5. The smallest absolute Gasteiger partial charge is 0.0468 e. The van der Waals surface area contributed by atoms with Gasteiger partial charge >= 0.3 is 0 Å². The number of hydrogen-bond donors (Lipinski definition) is 0. The molecule has 2 heteroatoms. The van der Waals surface area contributed by atoms with Crippen LogP contribution < -0.4 is 9.80 Å². The zero-order chi connectivity index (χ0) is 50.1. The summed E-state index contributed by atoms with van der Waals surface area (Å²) in [5, 5.41) is 14.6. The highest BCUT2D eigenvalue weighted by atomic mass is 15.1. The van der Waals surface area contributed by atoms with E-state index < -0.39 is 0 Å². The summed E-state index contributed by atoms with van der Waals surface area (Å²) < 4.78 is 0. The first-order valence-electron chi connectivity index (χ1n) is 26.8. The van der Waals surface area contributed by atoms with Gasteiger partial charge in [0.2, 0.25) is 0 Å².